The highest BCUT2D eigenvalue weighted by Crippen LogP contribution is 2.32. The highest BCUT2D eigenvalue weighted by atomic mass is 16.4. The summed E-state index contributed by atoms with van der Waals surface area (Å²) >= 11 is 0. The van der Waals surface area contributed by atoms with Crippen molar-refractivity contribution in [1.29, 1.82) is 0 Å². The summed E-state index contributed by atoms with van der Waals surface area (Å²) in [6, 6.07) is 4.08. The number of carbonyl (C=O) groups is 4. The maximum absolute atomic E-state index is 11.3. The molecule has 0 unspecified atom stereocenters. The van der Waals surface area contributed by atoms with Gasteiger partial charge in [0, 0.05) is 0 Å². The monoisotopic (exact) mass is 360 g/mol. The van der Waals surface area contributed by atoms with Crippen molar-refractivity contribution in [2.75, 3.05) is 11.5 Å². The summed E-state index contributed by atoms with van der Waals surface area (Å²) in [5.41, 5.74) is 7.94. The van der Waals surface area contributed by atoms with Gasteiger partial charge >= 0.3 is 23.9 Å². The van der Waals surface area contributed by atoms with Gasteiger partial charge in [-0.3, -0.25) is 0 Å². The molecule has 0 amide bonds. The number of nitrogens with two attached hydrogens (primary N) is 2. The average Bonchev–Trinajstić information content (AvgIpc) is 2.54. The van der Waals surface area contributed by atoms with Crippen molar-refractivity contribution >= 4 is 35.3 Å². The molecule has 0 atom stereocenters. The molecule has 2 aromatic carbocycles. The van der Waals surface area contributed by atoms with Gasteiger partial charge in [-0.05, 0) is 35.4 Å². The quantitative estimate of drug-likeness (QED) is 0.422. The highest BCUT2D eigenvalue weighted by molar-refractivity contribution is 6.06. The SMILES string of the molecule is Nc1c(C(=O)O)cc(-c2cc(C(=O)O)c(N)c(C(=O)O)c2)cc1C(=O)O. The molecule has 2 rings (SSSR count). The second kappa shape index (κ2) is 6.43. The Kier molecular flexibility index (Phi) is 4.52. The number of aromatic carboxylic acids is 4. The van der Waals surface area contributed by atoms with Crippen LogP contribution in [-0.2, 0) is 0 Å². The third kappa shape index (κ3) is 3.11. The number of hydrogen-bond acceptors (Lipinski definition) is 6. The normalized spacial score (nSPS) is 10.3. The first-order valence-corrected chi connectivity index (χ1v) is 6.85. The van der Waals surface area contributed by atoms with Gasteiger partial charge in [0.15, 0.2) is 0 Å². The predicted molar refractivity (Wildman–Crippen MR) is 88.5 cm³/mol. The molecule has 0 heterocycles. The van der Waals surface area contributed by atoms with E-state index in [1.807, 2.05) is 0 Å². The molecule has 0 aromatic heterocycles. The Morgan fingerprint density at radius 2 is 0.731 bits per heavy atom. The van der Waals surface area contributed by atoms with E-state index in [0.717, 1.165) is 24.3 Å². The summed E-state index contributed by atoms with van der Waals surface area (Å²) in [5, 5.41) is 36.8. The molecule has 8 N–H and O–H groups in total. The average molecular weight is 360 g/mol. The van der Waals surface area contributed by atoms with Crippen molar-refractivity contribution in [3.63, 3.8) is 0 Å². The number of carboxylic acid groups (broad SMARTS) is 4. The first-order valence-electron chi connectivity index (χ1n) is 6.85. The lowest BCUT2D eigenvalue weighted by Crippen LogP contribution is -2.11. The molecule has 0 aliphatic heterocycles. The number of anilines is 2. The number of carboxylic acids is 4. The van der Waals surface area contributed by atoms with Crippen LogP contribution < -0.4 is 11.5 Å². The number of rotatable bonds is 5. The first kappa shape index (κ1) is 18.3. The second-order valence-corrected chi connectivity index (χ2v) is 5.19. The number of benzene rings is 2. The molecule has 0 saturated carbocycles. The Bertz CT molecular complexity index is 831. The molecule has 0 bridgehead atoms. The molecule has 0 saturated heterocycles. The Morgan fingerprint density at radius 3 is 0.885 bits per heavy atom. The fourth-order valence-corrected chi connectivity index (χ4v) is 2.35. The Balaban J connectivity index is 2.87. The van der Waals surface area contributed by atoms with Crippen molar-refractivity contribution in [2.24, 2.45) is 0 Å². The topological polar surface area (TPSA) is 201 Å². The summed E-state index contributed by atoms with van der Waals surface area (Å²) in [6.07, 6.45) is 0. The summed E-state index contributed by atoms with van der Waals surface area (Å²) in [7, 11) is 0. The number of nitrogen functional groups attached to an aromatic ring is 2. The summed E-state index contributed by atoms with van der Waals surface area (Å²) < 4.78 is 0. The van der Waals surface area contributed by atoms with Crippen molar-refractivity contribution in [1.82, 2.24) is 0 Å². The van der Waals surface area contributed by atoms with Crippen LogP contribution in [0.5, 0.6) is 0 Å². The van der Waals surface area contributed by atoms with Gasteiger partial charge in [0.2, 0.25) is 0 Å². The fraction of sp³-hybridized carbons (Fsp3) is 0. The van der Waals surface area contributed by atoms with Crippen LogP contribution in [0, 0.1) is 0 Å². The second-order valence-electron chi connectivity index (χ2n) is 5.19. The molecule has 26 heavy (non-hydrogen) atoms. The molecule has 2 aromatic rings. The minimum Gasteiger partial charge on any atom is -0.478 e. The zero-order valence-electron chi connectivity index (χ0n) is 12.9. The molecule has 10 heteroatoms. The van der Waals surface area contributed by atoms with Gasteiger partial charge in [0.05, 0.1) is 33.6 Å². The zero-order chi connectivity index (χ0) is 19.8. The van der Waals surface area contributed by atoms with Gasteiger partial charge in [0.25, 0.3) is 0 Å². The van der Waals surface area contributed by atoms with E-state index >= 15 is 0 Å². The van der Waals surface area contributed by atoms with E-state index in [1.165, 1.54) is 0 Å². The lowest BCUT2D eigenvalue weighted by molar-refractivity contribution is 0.0678. The van der Waals surface area contributed by atoms with Crippen LogP contribution in [0.15, 0.2) is 24.3 Å². The zero-order valence-corrected chi connectivity index (χ0v) is 12.9. The van der Waals surface area contributed by atoms with E-state index in [4.69, 9.17) is 11.5 Å². The largest absolute Gasteiger partial charge is 0.478 e. The van der Waals surface area contributed by atoms with Crippen LogP contribution in [0.4, 0.5) is 11.4 Å². The lowest BCUT2D eigenvalue weighted by atomic mass is 9.94. The van der Waals surface area contributed by atoms with E-state index in [0.29, 0.717) is 0 Å². The molecule has 10 nitrogen and oxygen atoms in total. The maximum atomic E-state index is 11.3. The fourth-order valence-electron chi connectivity index (χ4n) is 2.35. The van der Waals surface area contributed by atoms with Crippen molar-refractivity contribution < 1.29 is 39.6 Å². The minimum absolute atomic E-state index is 0.0426. The van der Waals surface area contributed by atoms with Crippen molar-refractivity contribution in [3.05, 3.63) is 46.5 Å². The van der Waals surface area contributed by atoms with Crippen LogP contribution in [-0.4, -0.2) is 44.3 Å². The molecular weight excluding hydrogens is 348 g/mol. The molecular formula is C16H12N2O8. The van der Waals surface area contributed by atoms with E-state index in [9.17, 15) is 39.6 Å². The van der Waals surface area contributed by atoms with Gasteiger partial charge in [-0.15, -0.1) is 0 Å². The van der Waals surface area contributed by atoms with Gasteiger partial charge in [-0.2, -0.15) is 0 Å². The standard InChI is InChI=1S/C16H12N2O8/c17-11-7(13(19)20)1-5(2-8(11)14(21)22)6-3-9(15(23)24)12(18)10(4-6)16(25)26/h1-4H,17-18H2,(H,19,20)(H,21,22)(H,23,24)(H,25,26). The van der Waals surface area contributed by atoms with Crippen molar-refractivity contribution in [2.45, 2.75) is 0 Å². The van der Waals surface area contributed by atoms with Crippen LogP contribution in [0.2, 0.25) is 0 Å². The summed E-state index contributed by atoms with van der Waals surface area (Å²) in [4.78, 5) is 45.2. The van der Waals surface area contributed by atoms with Gasteiger partial charge in [0.1, 0.15) is 0 Å². The lowest BCUT2D eigenvalue weighted by Gasteiger charge is -2.12. The minimum atomic E-state index is -1.50. The van der Waals surface area contributed by atoms with Crippen LogP contribution in [0.25, 0.3) is 11.1 Å². The first-order chi connectivity index (χ1) is 12.0. The highest BCUT2D eigenvalue weighted by Gasteiger charge is 2.22. The Morgan fingerprint density at radius 1 is 0.538 bits per heavy atom. The molecule has 0 aliphatic rings. The van der Waals surface area contributed by atoms with Gasteiger partial charge in [-0.25, -0.2) is 19.2 Å². The maximum Gasteiger partial charge on any atom is 0.337 e. The number of hydrogen-bond donors (Lipinski definition) is 6. The molecule has 0 radical (unpaired) electrons. The van der Waals surface area contributed by atoms with Crippen LogP contribution in [0.3, 0.4) is 0 Å². The van der Waals surface area contributed by atoms with Gasteiger partial charge in [-0.1, -0.05) is 0 Å². The smallest absolute Gasteiger partial charge is 0.337 e. The van der Waals surface area contributed by atoms with E-state index in [-0.39, 0.29) is 11.1 Å². The van der Waals surface area contributed by atoms with Crippen LogP contribution >= 0.6 is 0 Å². The molecule has 0 spiro atoms. The van der Waals surface area contributed by atoms with Crippen molar-refractivity contribution in [3.8, 4) is 11.1 Å². The third-order valence-corrected chi connectivity index (χ3v) is 3.62. The Labute approximate surface area is 144 Å². The van der Waals surface area contributed by atoms with Gasteiger partial charge < -0.3 is 31.9 Å². The predicted octanol–water partition coefficient (Wildman–Crippen LogP) is 1.31. The van der Waals surface area contributed by atoms with E-state index in [1.54, 1.807) is 0 Å². The van der Waals surface area contributed by atoms with E-state index < -0.39 is 57.5 Å². The molecule has 0 aliphatic carbocycles. The summed E-state index contributed by atoms with van der Waals surface area (Å²) in [6.45, 7) is 0. The third-order valence-electron chi connectivity index (χ3n) is 3.62. The summed E-state index contributed by atoms with van der Waals surface area (Å²) in [5.74, 6) is -6.00. The molecule has 134 valence electrons. The van der Waals surface area contributed by atoms with Crippen LogP contribution in [0.1, 0.15) is 41.4 Å². The molecule has 0 fully saturated rings. The Hall–Kier alpha value is -4.08. The van der Waals surface area contributed by atoms with E-state index in [2.05, 4.69) is 0 Å².